The van der Waals surface area contributed by atoms with Crippen molar-refractivity contribution in [2.45, 2.75) is 13.8 Å². The highest BCUT2D eigenvalue weighted by Gasteiger charge is 1.99. The third kappa shape index (κ3) is 1.32. The van der Waals surface area contributed by atoms with E-state index in [1.54, 1.807) is 11.3 Å². The van der Waals surface area contributed by atoms with E-state index in [0.717, 1.165) is 10.7 Å². The number of nitrogens with zero attached hydrogens (tertiary/aromatic N) is 2. The van der Waals surface area contributed by atoms with E-state index in [1.165, 1.54) is 5.69 Å². The van der Waals surface area contributed by atoms with Crippen LogP contribution >= 0.6 is 28.3 Å². The smallest absolute Gasteiger partial charge is 0.194 e. The predicted molar refractivity (Wildman–Crippen MR) is 52.9 cm³/mol. The van der Waals surface area contributed by atoms with E-state index in [0.29, 0.717) is 0 Å². The van der Waals surface area contributed by atoms with Crippen LogP contribution in [0.15, 0.2) is 11.6 Å². The molecule has 2 aromatic rings. The SMILES string of the molecule is Br.Cc1cn2c(C)csc2n1. The first-order chi connectivity index (χ1) is 4.77. The Morgan fingerprint density at radius 2 is 2.18 bits per heavy atom. The van der Waals surface area contributed by atoms with Crippen LogP contribution in [0, 0.1) is 13.8 Å². The summed E-state index contributed by atoms with van der Waals surface area (Å²) in [6, 6.07) is 0. The van der Waals surface area contributed by atoms with Crippen molar-refractivity contribution in [2.75, 3.05) is 0 Å². The van der Waals surface area contributed by atoms with E-state index in [1.807, 2.05) is 6.92 Å². The molecule has 0 aliphatic rings. The Kier molecular flexibility index (Phi) is 2.34. The van der Waals surface area contributed by atoms with Gasteiger partial charge in [-0.1, -0.05) is 0 Å². The molecule has 2 nitrogen and oxygen atoms in total. The molecule has 11 heavy (non-hydrogen) atoms. The lowest BCUT2D eigenvalue weighted by atomic mass is 10.5. The lowest BCUT2D eigenvalue weighted by Gasteiger charge is -1.83. The zero-order valence-electron chi connectivity index (χ0n) is 6.37. The number of fused-ring (bicyclic) bond motifs is 1. The van der Waals surface area contributed by atoms with Crippen LogP contribution < -0.4 is 0 Å². The van der Waals surface area contributed by atoms with E-state index in [2.05, 4.69) is 27.9 Å². The fourth-order valence-electron chi connectivity index (χ4n) is 1.01. The largest absolute Gasteiger partial charge is 0.295 e. The molecule has 0 saturated heterocycles. The second-order valence-corrected chi connectivity index (χ2v) is 3.25. The lowest BCUT2D eigenvalue weighted by molar-refractivity contribution is 1.13. The van der Waals surface area contributed by atoms with Crippen LogP contribution in [-0.4, -0.2) is 9.38 Å². The standard InChI is InChI=1S/C7H8N2S.BrH/c1-5-3-9-6(2)4-10-7(9)8-5;/h3-4H,1-2H3;1H. The van der Waals surface area contributed by atoms with Gasteiger partial charge in [0.1, 0.15) is 0 Å². The van der Waals surface area contributed by atoms with Crippen molar-refractivity contribution in [3.05, 3.63) is 23.0 Å². The van der Waals surface area contributed by atoms with Crippen molar-refractivity contribution in [1.82, 2.24) is 9.38 Å². The second kappa shape index (κ2) is 2.95. The van der Waals surface area contributed by atoms with Crippen molar-refractivity contribution in [3.8, 4) is 0 Å². The number of aryl methyl sites for hydroxylation is 2. The van der Waals surface area contributed by atoms with Crippen LogP contribution in [0.2, 0.25) is 0 Å². The van der Waals surface area contributed by atoms with E-state index >= 15 is 0 Å². The normalized spacial score (nSPS) is 10.0. The molecule has 4 heteroatoms. The van der Waals surface area contributed by atoms with Gasteiger partial charge in [0.05, 0.1) is 5.69 Å². The molecule has 0 amide bonds. The highest BCUT2D eigenvalue weighted by atomic mass is 79.9. The molecule has 0 unspecified atom stereocenters. The Balaban J connectivity index is 0.000000605. The maximum absolute atomic E-state index is 4.32. The summed E-state index contributed by atoms with van der Waals surface area (Å²) >= 11 is 1.69. The van der Waals surface area contributed by atoms with Crippen LogP contribution in [0.25, 0.3) is 4.96 Å². The fraction of sp³-hybridized carbons (Fsp3) is 0.286. The Morgan fingerprint density at radius 1 is 1.45 bits per heavy atom. The molecule has 0 radical (unpaired) electrons. The van der Waals surface area contributed by atoms with Gasteiger partial charge in [0.2, 0.25) is 0 Å². The van der Waals surface area contributed by atoms with E-state index < -0.39 is 0 Å². The summed E-state index contributed by atoms with van der Waals surface area (Å²) in [5.74, 6) is 0. The third-order valence-electron chi connectivity index (χ3n) is 1.51. The van der Waals surface area contributed by atoms with Crippen LogP contribution in [0.4, 0.5) is 0 Å². The molecule has 0 aromatic carbocycles. The first kappa shape index (κ1) is 8.74. The van der Waals surface area contributed by atoms with Crippen molar-refractivity contribution in [3.63, 3.8) is 0 Å². The predicted octanol–water partition coefficient (Wildman–Crippen LogP) is 2.59. The monoisotopic (exact) mass is 232 g/mol. The first-order valence-corrected chi connectivity index (χ1v) is 4.05. The number of rotatable bonds is 0. The van der Waals surface area contributed by atoms with E-state index in [4.69, 9.17) is 0 Å². The van der Waals surface area contributed by atoms with Gasteiger partial charge in [-0.05, 0) is 13.8 Å². The van der Waals surface area contributed by atoms with Crippen molar-refractivity contribution >= 4 is 33.3 Å². The first-order valence-electron chi connectivity index (χ1n) is 3.17. The summed E-state index contributed by atoms with van der Waals surface area (Å²) in [6.07, 6.45) is 2.06. The van der Waals surface area contributed by atoms with Crippen molar-refractivity contribution in [1.29, 1.82) is 0 Å². The molecule has 0 bridgehead atoms. The third-order valence-corrected chi connectivity index (χ3v) is 2.47. The number of imidazole rings is 1. The molecule has 0 N–H and O–H groups in total. The Labute approximate surface area is 79.7 Å². The molecule has 2 rings (SSSR count). The summed E-state index contributed by atoms with van der Waals surface area (Å²) in [7, 11) is 0. The number of hydrogen-bond acceptors (Lipinski definition) is 2. The fourth-order valence-corrected chi connectivity index (χ4v) is 1.90. The Hall–Kier alpha value is -0.350. The zero-order chi connectivity index (χ0) is 7.14. The quantitative estimate of drug-likeness (QED) is 0.683. The van der Waals surface area contributed by atoms with E-state index in [9.17, 15) is 0 Å². The Morgan fingerprint density at radius 3 is 2.82 bits per heavy atom. The van der Waals surface area contributed by atoms with Gasteiger partial charge in [-0.25, -0.2) is 4.98 Å². The average Bonchev–Trinajstić information content (AvgIpc) is 2.35. The maximum Gasteiger partial charge on any atom is 0.194 e. The Bertz CT molecular complexity index is 363. The summed E-state index contributed by atoms with van der Waals surface area (Å²) in [4.78, 5) is 5.41. The molecule has 2 heterocycles. The number of halogens is 1. The van der Waals surface area contributed by atoms with Crippen LogP contribution in [-0.2, 0) is 0 Å². The molecule has 60 valence electrons. The molecule has 2 aromatic heterocycles. The molecular weight excluding hydrogens is 224 g/mol. The van der Waals surface area contributed by atoms with Crippen molar-refractivity contribution < 1.29 is 0 Å². The topological polar surface area (TPSA) is 17.3 Å². The zero-order valence-corrected chi connectivity index (χ0v) is 8.90. The highest BCUT2D eigenvalue weighted by Crippen LogP contribution is 2.14. The van der Waals surface area contributed by atoms with Gasteiger partial charge in [-0.3, -0.25) is 4.40 Å². The van der Waals surface area contributed by atoms with Gasteiger partial charge in [-0.15, -0.1) is 28.3 Å². The second-order valence-electron chi connectivity index (χ2n) is 2.41. The van der Waals surface area contributed by atoms with Gasteiger partial charge in [-0.2, -0.15) is 0 Å². The minimum atomic E-state index is 0. The molecule has 0 fully saturated rings. The molecule has 0 aliphatic heterocycles. The van der Waals surface area contributed by atoms with E-state index in [-0.39, 0.29) is 17.0 Å². The van der Waals surface area contributed by atoms with Crippen LogP contribution in [0.5, 0.6) is 0 Å². The number of aromatic nitrogens is 2. The summed E-state index contributed by atoms with van der Waals surface area (Å²) in [6.45, 7) is 4.10. The highest BCUT2D eigenvalue weighted by molar-refractivity contribution is 8.93. The summed E-state index contributed by atoms with van der Waals surface area (Å²) in [5, 5.41) is 2.11. The van der Waals surface area contributed by atoms with Gasteiger partial charge in [0, 0.05) is 17.3 Å². The van der Waals surface area contributed by atoms with Gasteiger partial charge in [0.15, 0.2) is 4.96 Å². The maximum atomic E-state index is 4.32. The van der Waals surface area contributed by atoms with Gasteiger partial charge < -0.3 is 0 Å². The molecule has 0 spiro atoms. The van der Waals surface area contributed by atoms with Crippen LogP contribution in [0.3, 0.4) is 0 Å². The molecular formula is C7H9BrN2S. The lowest BCUT2D eigenvalue weighted by Crippen LogP contribution is -1.77. The van der Waals surface area contributed by atoms with Gasteiger partial charge >= 0.3 is 0 Å². The summed E-state index contributed by atoms with van der Waals surface area (Å²) < 4.78 is 2.11. The number of thiazole rings is 1. The average molecular weight is 233 g/mol. The molecule has 0 saturated carbocycles. The van der Waals surface area contributed by atoms with Crippen molar-refractivity contribution in [2.24, 2.45) is 0 Å². The minimum absolute atomic E-state index is 0. The summed E-state index contributed by atoms with van der Waals surface area (Å²) in [5.41, 5.74) is 2.36. The van der Waals surface area contributed by atoms with Crippen LogP contribution in [0.1, 0.15) is 11.4 Å². The molecule has 0 aliphatic carbocycles. The minimum Gasteiger partial charge on any atom is -0.295 e. The van der Waals surface area contributed by atoms with Gasteiger partial charge in [0.25, 0.3) is 0 Å². The molecule has 0 atom stereocenters. The number of hydrogen-bond donors (Lipinski definition) is 0.